The summed E-state index contributed by atoms with van der Waals surface area (Å²) in [7, 11) is 0. The minimum Gasteiger partial charge on any atom is -0.458 e. The van der Waals surface area contributed by atoms with E-state index in [-0.39, 0.29) is 24.9 Å². The molecule has 6 nitrogen and oxygen atoms in total. The fourth-order valence-electron chi connectivity index (χ4n) is 7.86. The molecule has 0 heterocycles. The van der Waals surface area contributed by atoms with Gasteiger partial charge in [-0.25, -0.2) is 0 Å². The molecule has 0 aliphatic heterocycles. The zero-order chi connectivity index (χ0) is 45.2. The van der Waals surface area contributed by atoms with Crippen LogP contribution in [0.4, 0.5) is 0 Å². The zero-order valence-electron chi connectivity index (χ0n) is 41.0. The molecule has 6 heteroatoms. The van der Waals surface area contributed by atoms with Crippen molar-refractivity contribution in [2.24, 2.45) is 0 Å². The van der Waals surface area contributed by atoms with Gasteiger partial charge in [0, 0.05) is 6.42 Å². The van der Waals surface area contributed by atoms with E-state index in [0.29, 0.717) is 19.3 Å². The Hall–Kier alpha value is -2.44. The molecule has 62 heavy (non-hydrogen) atoms. The second-order valence-corrected chi connectivity index (χ2v) is 17.9. The van der Waals surface area contributed by atoms with Gasteiger partial charge in [-0.3, -0.25) is 9.59 Å². The van der Waals surface area contributed by atoms with E-state index in [1.165, 1.54) is 148 Å². The van der Waals surface area contributed by atoms with Crippen LogP contribution in [-0.4, -0.2) is 46.9 Å². The van der Waals surface area contributed by atoms with E-state index >= 15 is 0 Å². The van der Waals surface area contributed by atoms with Crippen LogP contribution >= 0.6 is 0 Å². The molecule has 1 amide bonds. The smallest absolute Gasteiger partial charge is 0.306 e. The Morgan fingerprint density at radius 3 is 1.23 bits per heavy atom. The van der Waals surface area contributed by atoms with Crippen molar-refractivity contribution in [1.82, 2.24) is 5.32 Å². The fraction of sp³-hybridized carbons (Fsp3) is 0.786. The van der Waals surface area contributed by atoms with Gasteiger partial charge in [0.2, 0.25) is 5.91 Å². The largest absolute Gasteiger partial charge is 0.458 e. The van der Waals surface area contributed by atoms with E-state index in [9.17, 15) is 19.8 Å². The molecule has 0 aliphatic carbocycles. The van der Waals surface area contributed by atoms with Gasteiger partial charge >= 0.3 is 5.97 Å². The van der Waals surface area contributed by atoms with Crippen molar-refractivity contribution in [2.45, 2.75) is 277 Å². The third-order valence-corrected chi connectivity index (χ3v) is 11.9. The van der Waals surface area contributed by atoms with Gasteiger partial charge in [0.15, 0.2) is 0 Å². The number of hydrogen-bond acceptors (Lipinski definition) is 5. The summed E-state index contributed by atoms with van der Waals surface area (Å²) in [4.78, 5) is 26.1. The maximum atomic E-state index is 13.2. The Bertz CT molecular complexity index is 1110. The lowest BCUT2D eigenvalue weighted by Gasteiger charge is -2.23. The van der Waals surface area contributed by atoms with Crippen molar-refractivity contribution in [2.75, 3.05) is 6.61 Å². The molecule has 0 saturated heterocycles. The highest BCUT2D eigenvalue weighted by atomic mass is 16.5. The minimum atomic E-state index is -0.818. The number of allylic oxidation sites excluding steroid dienone is 9. The second-order valence-electron chi connectivity index (χ2n) is 17.9. The lowest BCUT2D eigenvalue weighted by molar-refractivity contribution is -0.148. The number of nitrogens with one attached hydrogen (secondary N) is 1. The number of hydrogen-bond donors (Lipinski definition) is 3. The maximum Gasteiger partial charge on any atom is 0.306 e. The van der Waals surface area contributed by atoms with Crippen LogP contribution in [0.3, 0.4) is 0 Å². The number of unbranched alkanes of at least 4 members (excludes halogenated alkanes) is 27. The predicted octanol–water partition coefficient (Wildman–Crippen LogP) is 16.0. The number of carbonyl (C=O) groups excluding carboxylic acids is 2. The molecular formula is C56H101NO5. The van der Waals surface area contributed by atoms with Crippen LogP contribution < -0.4 is 5.32 Å². The first-order valence-electron chi connectivity index (χ1n) is 26.5. The summed E-state index contributed by atoms with van der Waals surface area (Å²) in [5.41, 5.74) is 0. The van der Waals surface area contributed by atoms with E-state index in [2.05, 4.69) is 74.7 Å². The third kappa shape index (κ3) is 44.2. The molecular weight excluding hydrogens is 767 g/mol. The van der Waals surface area contributed by atoms with Crippen molar-refractivity contribution in [3.63, 3.8) is 0 Å². The van der Waals surface area contributed by atoms with Crippen LogP contribution in [0.5, 0.6) is 0 Å². The van der Waals surface area contributed by atoms with Crippen LogP contribution in [0.15, 0.2) is 60.8 Å². The fourth-order valence-corrected chi connectivity index (χ4v) is 7.86. The Kier molecular flexibility index (Phi) is 47.6. The van der Waals surface area contributed by atoms with Crippen LogP contribution in [0, 0.1) is 0 Å². The van der Waals surface area contributed by atoms with Gasteiger partial charge in [-0.05, 0) is 51.0 Å². The number of rotatable bonds is 47. The Balaban J connectivity index is 4.65. The molecule has 0 radical (unpaired) electrons. The van der Waals surface area contributed by atoms with E-state index in [1.807, 2.05) is 6.08 Å². The Morgan fingerprint density at radius 1 is 0.484 bits per heavy atom. The van der Waals surface area contributed by atoms with Gasteiger partial charge < -0.3 is 20.3 Å². The molecule has 0 aliphatic rings. The maximum absolute atomic E-state index is 13.2. The monoisotopic (exact) mass is 868 g/mol. The SMILES string of the molecule is CC/C=C/C/C=C/C/C=C/C/C=C/C/C=C/C(CC(=O)NC(CO)C(O)CCCCCCCCCCCCC)OC(=O)CCCCCCCCCCCCCCCCCCCC. The first-order chi connectivity index (χ1) is 30.5. The summed E-state index contributed by atoms with van der Waals surface area (Å²) in [5, 5.41) is 23.7. The van der Waals surface area contributed by atoms with Crippen LogP contribution in [0.1, 0.15) is 258 Å². The highest BCUT2D eigenvalue weighted by Gasteiger charge is 2.23. The highest BCUT2D eigenvalue weighted by molar-refractivity contribution is 5.78. The summed E-state index contributed by atoms with van der Waals surface area (Å²) < 4.78 is 5.83. The molecule has 0 spiro atoms. The molecule has 0 fully saturated rings. The number of aliphatic hydroxyl groups is 2. The van der Waals surface area contributed by atoms with Gasteiger partial charge in [-0.2, -0.15) is 0 Å². The topological polar surface area (TPSA) is 95.9 Å². The molecule has 0 aromatic rings. The van der Waals surface area contributed by atoms with Crippen LogP contribution in [-0.2, 0) is 14.3 Å². The quantitative estimate of drug-likeness (QED) is 0.0322. The molecule has 3 unspecified atom stereocenters. The predicted molar refractivity (Wildman–Crippen MR) is 268 cm³/mol. The molecule has 360 valence electrons. The van der Waals surface area contributed by atoms with Crippen molar-refractivity contribution in [3.8, 4) is 0 Å². The van der Waals surface area contributed by atoms with Crippen LogP contribution in [0.25, 0.3) is 0 Å². The molecule has 0 bridgehead atoms. The van der Waals surface area contributed by atoms with Gasteiger partial charge in [0.25, 0.3) is 0 Å². The van der Waals surface area contributed by atoms with Crippen LogP contribution in [0.2, 0.25) is 0 Å². The summed E-state index contributed by atoms with van der Waals surface area (Å²) >= 11 is 0. The minimum absolute atomic E-state index is 0.0444. The van der Waals surface area contributed by atoms with Gasteiger partial charge in [-0.1, -0.05) is 255 Å². The first-order valence-corrected chi connectivity index (χ1v) is 26.5. The Morgan fingerprint density at radius 2 is 0.839 bits per heavy atom. The first kappa shape index (κ1) is 59.6. The van der Waals surface area contributed by atoms with Crippen molar-refractivity contribution in [1.29, 1.82) is 0 Å². The molecule has 3 atom stereocenters. The molecule has 0 aromatic heterocycles. The van der Waals surface area contributed by atoms with E-state index in [0.717, 1.165) is 64.2 Å². The number of amides is 1. The van der Waals surface area contributed by atoms with Gasteiger partial charge in [-0.15, -0.1) is 0 Å². The van der Waals surface area contributed by atoms with E-state index < -0.39 is 18.2 Å². The zero-order valence-corrected chi connectivity index (χ0v) is 41.0. The molecule has 0 aromatic carbocycles. The van der Waals surface area contributed by atoms with E-state index in [4.69, 9.17) is 4.74 Å². The highest BCUT2D eigenvalue weighted by Crippen LogP contribution is 2.17. The van der Waals surface area contributed by atoms with Gasteiger partial charge in [0.1, 0.15) is 6.10 Å². The summed E-state index contributed by atoms with van der Waals surface area (Å²) in [6.07, 6.45) is 61.8. The summed E-state index contributed by atoms with van der Waals surface area (Å²) in [5.74, 6) is -0.621. The van der Waals surface area contributed by atoms with Gasteiger partial charge in [0.05, 0.1) is 25.2 Å². The third-order valence-electron chi connectivity index (χ3n) is 11.9. The lowest BCUT2D eigenvalue weighted by Crippen LogP contribution is -2.46. The summed E-state index contributed by atoms with van der Waals surface area (Å²) in [6.45, 7) is 6.34. The molecule has 0 rings (SSSR count). The van der Waals surface area contributed by atoms with Crippen molar-refractivity contribution in [3.05, 3.63) is 60.8 Å². The standard InChI is InChI=1S/C56H101NO5/c1-4-7-10-13-16-19-22-24-26-27-28-29-31-34-37-40-43-46-49-56(61)62-52(47-44-41-38-35-33-30-25-23-20-17-14-11-8-5-2)50-55(60)57-53(51-58)54(59)48-45-42-39-36-32-21-18-15-12-9-6-3/h8,11,17,20,25,30,35,38,44,47,52-54,58-59H,4-7,9-10,12-16,18-19,21-24,26-29,31-34,36-37,39-43,45-46,48-51H2,1-3H3,(H,57,60)/b11-8+,20-17+,30-25+,38-35+,47-44+. The summed E-state index contributed by atoms with van der Waals surface area (Å²) in [6, 6.07) is -0.741. The number of carbonyl (C=O) groups is 2. The molecule has 3 N–H and O–H groups in total. The van der Waals surface area contributed by atoms with E-state index in [1.54, 1.807) is 6.08 Å². The number of ether oxygens (including phenoxy) is 1. The normalized spacial score (nSPS) is 13.7. The average Bonchev–Trinajstić information content (AvgIpc) is 3.26. The van der Waals surface area contributed by atoms with Crippen molar-refractivity contribution < 1.29 is 24.5 Å². The lowest BCUT2D eigenvalue weighted by atomic mass is 10.0. The molecule has 0 saturated carbocycles. The average molecular weight is 868 g/mol. The Labute approximate surface area is 384 Å². The number of aliphatic hydroxyl groups excluding tert-OH is 2. The number of esters is 1. The second kappa shape index (κ2) is 49.6. The van der Waals surface area contributed by atoms with Crippen molar-refractivity contribution >= 4 is 11.9 Å².